The van der Waals surface area contributed by atoms with Gasteiger partial charge in [0, 0.05) is 36.1 Å². The van der Waals surface area contributed by atoms with Crippen molar-refractivity contribution in [1.29, 1.82) is 0 Å². The lowest BCUT2D eigenvalue weighted by molar-refractivity contribution is 0.102. The number of hydrogen-bond acceptors (Lipinski definition) is 3. The lowest BCUT2D eigenvalue weighted by Gasteiger charge is -2.12. The summed E-state index contributed by atoms with van der Waals surface area (Å²) in [5.41, 5.74) is 6.55. The van der Waals surface area contributed by atoms with Crippen molar-refractivity contribution in [3.05, 3.63) is 99.6 Å². The van der Waals surface area contributed by atoms with Crippen LogP contribution in [0, 0.1) is 20.8 Å². The summed E-state index contributed by atoms with van der Waals surface area (Å²) >= 11 is 0. The minimum Gasteiger partial charge on any atom is -0.313 e. The Morgan fingerprint density at radius 3 is 2.48 bits per heavy atom. The van der Waals surface area contributed by atoms with E-state index < -0.39 is 0 Å². The lowest BCUT2D eigenvalue weighted by atomic mass is 9.99. The quantitative estimate of drug-likeness (QED) is 0.540. The number of aryl methyl sites for hydroxylation is 3. The molecule has 0 radical (unpaired) electrons. The molecule has 0 spiro atoms. The molecule has 1 N–H and O–H groups in total. The molecule has 0 aliphatic rings. The molecule has 0 saturated carbocycles. The van der Waals surface area contributed by atoms with Gasteiger partial charge in [-0.05, 0) is 67.8 Å². The number of carbonyl (C=O) groups excluding carboxylic acids is 1. The van der Waals surface area contributed by atoms with Gasteiger partial charge < -0.3 is 4.57 Å². The summed E-state index contributed by atoms with van der Waals surface area (Å²) in [5, 5.41) is 2.88. The number of imidazole rings is 1. The minimum absolute atomic E-state index is 0.155. The molecular formula is C25H24N4O2. The van der Waals surface area contributed by atoms with Gasteiger partial charge in [0.05, 0.1) is 11.9 Å². The van der Waals surface area contributed by atoms with E-state index in [-0.39, 0.29) is 11.5 Å². The zero-order valence-electron chi connectivity index (χ0n) is 18.0. The van der Waals surface area contributed by atoms with Crippen molar-refractivity contribution in [3.8, 4) is 16.9 Å². The Labute approximate surface area is 180 Å². The zero-order chi connectivity index (χ0) is 22.1. The van der Waals surface area contributed by atoms with Crippen LogP contribution in [0.25, 0.3) is 16.9 Å². The topological polar surface area (TPSA) is 68.9 Å². The fourth-order valence-corrected chi connectivity index (χ4v) is 3.62. The zero-order valence-corrected chi connectivity index (χ0v) is 18.0. The highest BCUT2D eigenvalue weighted by atomic mass is 16.2. The number of amides is 1. The number of aromatic nitrogens is 3. The van der Waals surface area contributed by atoms with Crippen LogP contribution in [-0.2, 0) is 7.05 Å². The van der Waals surface area contributed by atoms with Gasteiger partial charge in [0.15, 0.2) is 0 Å². The second kappa shape index (κ2) is 8.07. The van der Waals surface area contributed by atoms with Gasteiger partial charge in [0.2, 0.25) is 5.95 Å². The first kappa shape index (κ1) is 20.3. The number of benzene rings is 2. The van der Waals surface area contributed by atoms with E-state index in [9.17, 15) is 9.59 Å². The van der Waals surface area contributed by atoms with Crippen molar-refractivity contribution in [2.24, 2.45) is 7.05 Å². The van der Waals surface area contributed by atoms with E-state index in [2.05, 4.69) is 43.2 Å². The summed E-state index contributed by atoms with van der Waals surface area (Å²) in [7, 11) is 1.88. The van der Waals surface area contributed by atoms with Crippen LogP contribution in [0.5, 0.6) is 0 Å². The maximum Gasteiger partial charge on any atom is 0.258 e. The van der Waals surface area contributed by atoms with Crippen molar-refractivity contribution in [1.82, 2.24) is 14.1 Å². The molecule has 0 aliphatic carbocycles. The highest BCUT2D eigenvalue weighted by Gasteiger charge is 2.15. The first-order chi connectivity index (χ1) is 14.8. The third-order valence-corrected chi connectivity index (χ3v) is 5.54. The van der Waals surface area contributed by atoms with E-state index in [0.29, 0.717) is 17.2 Å². The number of anilines is 1. The maximum atomic E-state index is 12.9. The SMILES string of the molecule is Cc1cc(C)c(-c2cnc(NC(=O)c3cccc(-n4ccccc4=O)c3)n2C)cc1C. The van der Waals surface area contributed by atoms with E-state index >= 15 is 0 Å². The van der Waals surface area contributed by atoms with Crippen LogP contribution in [0.4, 0.5) is 5.95 Å². The fraction of sp³-hybridized carbons (Fsp3) is 0.160. The van der Waals surface area contributed by atoms with Crippen LogP contribution < -0.4 is 10.9 Å². The van der Waals surface area contributed by atoms with Crippen molar-refractivity contribution in [2.75, 3.05) is 5.32 Å². The average Bonchev–Trinajstić information content (AvgIpc) is 3.11. The molecule has 0 atom stereocenters. The predicted molar refractivity (Wildman–Crippen MR) is 123 cm³/mol. The monoisotopic (exact) mass is 412 g/mol. The number of hydrogen-bond donors (Lipinski definition) is 1. The third-order valence-electron chi connectivity index (χ3n) is 5.54. The van der Waals surface area contributed by atoms with Crippen LogP contribution >= 0.6 is 0 Å². The summed E-state index contributed by atoms with van der Waals surface area (Å²) in [6.07, 6.45) is 3.45. The van der Waals surface area contributed by atoms with Crippen LogP contribution in [0.3, 0.4) is 0 Å². The predicted octanol–water partition coefficient (Wildman–Crippen LogP) is 4.42. The Morgan fingerprint density at radius 2 is 1.71 bits per heavy atom. The highest BCUT2D eigenvalue weighted by molar-refractivity contribution is 6.03. The van der Waals surface area contributed by atoms with Crippen LogP contribution in [0.1, 0.15) is 27.0 Å². The van der Waals surface area contributed by atoms with Gasteiger partial charge in [-0.2, -0.15) is 0 Å². The Kier molecular flexibility index (Phi) is 5.29. The summed E-state index contributed by atoms with van der Waals surface area (Å²) < 4.78 is 3.37. The number of pyridine rings is 1. The second-order valence-corrected chi connectivity index (χ2v) is 7.69. The molecule has 2 aromatic heterocycles. The molecule has 0 aliphatic heterocycles. The molecule has 2 heterocycles. The molecule has 1 amide bonds. The molecule has 6 nitrogen and oxygen atoms in total. The molecule has 4 rings (SSSR count). The van der Waals surface area contributed by atoms with Gasteiger partial charge in [-0.15, -0.1) is 0 Å². The van der Waals surface area contributed by atoms with E-state index in [4.69, 9.17) is 0 Å². The highest BCUT2D eigenvalue weighted by Crippen LogP contribution is 2.28. The second-order valence-electron chi connectivity index (χ2n) is 7.69. The molecule has 0 unspecified atom stereocenters. The van der Waals surface area contributed by atoms with E-state index in [1.165, 1.54) is 21.8 Å². The number of carbonyl (C=O) groups is 1. The smallest absolute Gasteiger partial charge is 0.258 e. The van der Waals surface area contributed by atoms with Gasteiger partial charge in [-0.3, -0.25) is 19.5 Å². The Bertz CT molecular complexity index is 1350. The molecular weight excluding hydrogens is 388 g/mol. The van der Waals surface area contributed by atoms with Crippen molar-refractivity contribution >= 4 is 11.9 Å². The molecule has 4 aromatic rings. The Balaban J connectivity index is 1.62. The molecule has 6 heteroatoms. The average molecular weight is 412 g/mol. The van der Waals surface area contributed by atoms with Gasteiger partial charge in [0.1, 0.15) is 0 Å². The van der Waals surface area contributed by atoms with Crippen LogP contribution in [0.2, 0.25) is 0 Å². The molecule has 0 bridgehead atoms. The summed E-state index contributed by atoms with van der Waals surface area (Å²) in [6.45, 7) is 6.26. The van der Waals surface area contributed by atoms with Crippen molar-refractivity contribution in [2.45, 2.75) is 20.8 Å². The minimum atomic E-state index is -0.289. The summed E-state index contributed by atoms with van der Waals surface area (Å²) in [6, 6.07) is 16.2. The molecule has 0 saturated heterocycles. The van der Waals surface area contributed by atoms with Crippen LogP contribution in [-0.4, -0.2) is 20.0 Å². The number of nitrogens with zero attached hydrogens (tertiary/aromatic N) is 3. The van der Waals surface area contributed by atoms with Gasteiger partial charge >= 0.3 is 0 Å². The van der Waals surface area contributed by atoms with E-state index in [1.54, 1.807) is 48.8 Å². The van der Waals surface area contributed by atoms with Crippen molar-refractivity contribution < 1.29 is 4.79 Å². The first-order valence-electron chi connectivity index (χ1n) is 10.0. The Hall–Kier alpha value is -3.93. The molecule has 0 fully saturated rings. The largest absolute Gasteiger partial charge is 0.313 e. The van der Waals surface area contributed by atoms with Crippen molar-refractivity contribution in [3.63, 3.8) is 0 Å². The number of nitrogens with one attached hydrogen (secondary N) is 1. The lowest BCUT2D eigenvalue weighted by Crippen LogP contribution is -2.18. The summed E-state index contributed by atoms with van der Waals surface area (Å²) in [5.74, 6) is 0.169. The molecule has 156 valence electrons. The third kappa shape index (κ3) is 3.92. The van der Waals surface area contributed by atoms with E-state index in [1.807, 2.05) is 11.6 Å². The van der Waals surface area contributed by atoms with Gasteiger partial charge in [-0.1, -0.05) is 18.2 Å². The molecule has 31 heavy (non-hydrogen) atoms. The van der Waals surface area contributed by atoms with Gasteiger partial charge in [0.25, 0.3) is 11.5 Å². The van der Waals surface area contributed by atoms with Crippen LogP contribution in [0.15, 0.2) is 71.8 Å². The first-order valence-corrected chi connectivity index (χ1v) is 10.0. The molecule has 2 aromatic carbocycles. The Morgan fingerprint density at radius 1 is 0.935 bits per heavy atom. The standard InChI is InChI=1S/C25H24N4O2/c1-16-12-18(3)21(13-17(16)2)22-15-26-25(28(22)4)27-24(31)19-8-7-9-20(14-19)29-11-6-5-10-23(29)30/h5-15H,1-4H3,(H,26,27,31). The number of rotatable bonds is 4. The van der Waals surface area contributed by atoms with Gasteiger partial charge in [-0.25, -0.2) is 4.98 Å². The van der Waals surface area contributed by atoms with E-state index in [0.717, 1.165) is 16.8 Å². The fourth-order valence-electron chi connectivity index (χ4n) is 3.62. The maximum absolute atomic E-state index is 12.9. The normalized spacial score (nSPS) is 10.8. The summed E-state index contributed by atoms with van der Waals surface area (Å²) in [4.78, 5) is 29.4.